The number of anilines is 4. The number of amides is 1. The predicted octanol–water partition coefficient (Wildman–Crippen LogP) is 2.23. The van der Waals surface area contributed by atoms with Crippen molar-refractivity contribution in [2.45, 2.75) is 0 Å². The molecule has 0 fully saturated rings. The summed E-state index contributed by atoms with van der Waals surface area (Å²) in [6, 6.07) is 7.91. The van der Waals surface area contributed by atoms with Gasteiger partial charge in [-0.25, -0.2) is 18.7 Å². The second-order valence-electron chi connectivity index (χ2n) is 5.03. The molecule has 1 aromatic carbocycles. The Morgan fingerprint density at radius 1 is 1.04 bits per heavy atom. The van der Waals surface area contributed by atoms with Crippen LogP contribution in [0.5, 0.6) is 0 Å². The second-order valence-corrected chi connectivity index (χ2v) is 5.03. The number of halogens is 2. The first kappa shape index (κ1) is 17.0. The van der Waals surface area contributed by atoms with Crippen molar-refractivity contribution in [3.05, 3.63) is 66.3 Å². The zero-order valence-corrected chi connectivity index (χ0v) is 13.2. The minimum atomic E-state index is -0.805. The second kappa shape index (κ2) is 7.38. The average molecular weight is 357 g/mol. The van der Waals surface area contributed by atoms with Crippen molar-refractivity contribution in [3.63, 3.8) is 0 Å². The molecule has 3 rings (SSSR count). The molecule has 0 radical (unpaired) electrons. The van der Waals surface area contributed by atoms with Gasteiger partial charge >= 0.3 is 0 Å². The lowest BCUT2D eigenvalue weighted by Crippen LogP contribution is -2.31. The number of hydrogen-bond donors (Lipinski definition) is 4. The molecule has 2 aromatic heterocycles. The summed E-state index contributed by atoms with van der Waals surface area (Å²) in [6.07, 6.45) is 2.64. The molecular weight excluding hydrogens is 344 g/mol. The number of nitrogens with one attached hydrogen (secondary N) is 3. The van der Waals surface area contributed by atoms with Crippen LogP contribution in [0.2, 0.25) is 0 Å². The van der Waals surface area contributed by atoms with E-state index in [0.717, 1.165) is 18.5 Å². The minimum Gasteiger partial charge on any atom is -0.393 e. The van der Waals surface area contributed by atoms with Crippen LogP contribution in [0, 0.1) is 11.6 Å². The van der Waals surface area contributed by atoms with Crippen LogP contribution in [0.3, 0.4) is 0 Å². The smallest absolute Gasteiger partial charge is 0.288 e. The highest BCUT2D eigenvalue weighted by atomic mass is 19.1. The molecule has 132 valence electrons. The molecule has 0 saturated carbocycles. The Balaban J connectivity index is 1.74. The van der Waals surface area contributed by atoms with E-state index < -0.39 is 17.5 Å². The topological polar surface area (TPSA) is 118 Å². The van der Waals surface area contributed by atoms with Crippen molar-refractivity contribution in [3.8, 4) is 0 Å². The van der Waals surface area contributed by atoms with Crippen LogP contribution < -0.4 is 21.9 Å². The van der Waals surface area contributed by atoms with Crippen LogP contribution in [0.15, 0.2) is 48.9 Å². The number of nitrogens with two attached hydrogens (primary N) is 1. The molecule has 3 aromatic rings. The molecule has 1 amide bonds. The summed E-state index contributed by atoms with van der Waals surface area (Å²) in [7, 11) is 0. The molecule has 0 unspecified atom stereocenters. The van der Waals surface area contributed by atoms with Gasteiger partial charge in [-0.2, -0.15) is 0 Å². The maximum Gasteiger partial charge on any atom is 0.288 e. The summed E-state index contributed by atoms with van der Waals surface area (Å²) in [5.74, 6) is -1.83. The fourth-order valence-electron chi connectivity index (χ4n) is 1.99. The van der Waals surface area contributed by atoms with Gasteiger partial charge in [0.05, 0.1) is 5.69 Å². The van der Waals surface area contributed by atoms with E-state index in [1.165, 1.54) is 18.3 Å². The van der Waals surface area contributed by atoms with Gasteiger partial charge in [-0.3, -0.25) is 20.6 Å². The van der Waals surface area contributed by atoms with Crippen molar-refractivity contribution < 1.29 is 13.6 Å². The number of pyridine rings is 1. The quantitative estimate of drug-likeness (QED) is 0.517. The number of nitrogens with zero attached hydrogens (tertiary/aromatic N) is 3. The molecule has 0 aliphatic rings. The van der Waals surface area contributed by atoms with Gasteiger partial charge in [-0.05, 0) is 24.3 Å². The molecule has 8 nitrogen and oxygen atoms in total. The van der Waals surface area contributed by atoms with E-state index in [4.69, 9.17) is 5.73 Å². The Morgan fingerprint density at radius 3 is 2.58 bits per heavy atom. The third-order valence-electron chi connectivity index (χ3n) is 3.26. The summed E-state index contributed by atoms with van der Waals surface area (Å²) in [4.78, 5) is 23.7. The lowest BCUT2D eigenvalue weighted by Gasteiger charge is -2.13. The third-order valence-corrected chi connectivity index (χ3v) is 3.26. The Morgan fingerprint density at radius 2 is 1.85 bits per heavy atom. The van der Waals surface area contributed by atoms with Gasteiger partial charge in [-0.1, -0.05) is 6.07 Å². The zero-order valence-electron chi connectivity index (χ0n) is 13.2. The van der Waals surface area contributed by atoms with Crippen LogP contribution in [0.25, 0.3) is 0 Å². The molecule has 5 N–H and O–H groups in total. The Hall–Kier alpha value is -3.82. The molecule has 0 spiro atoms. The van der Waals surface area contributed by atoms with Crippen molar-refractivity contribution in [2.75, 3.05) is 16.5 Å². The van der Waals surface area contributed by atoms with E-state index in [1.54, 1.807) is 12.1 Å². The van der Waals surface area contributed by atoms with Crippen LogP contribution in [-0.4, -0.2) is 20.9 Å². The Labute approximate surface area is 146 Å². The number of carbonyl (C=O) groups is 1. The minimum absolute atomic E-state index is 0.0136. The molecule has 0 saturated heterocycles. The lowest BCUT2D eigenvalue weighted by molar-refractivity contribution is 0.0957. The van der Waals surface area contributed by atoms with Crippen LogP contribution in [0.4, 0.5) is 31.8 Å². The fourth-order valence-corrected chi connectivity index (χ4v) is 1.99. The molecule has 0 atom stereocenters. The van der Waals surface area contributed by atoms with Gasteiger partial charge in [0, 0.05) is 12.3 Å². The number of aromatic nitrogens is 3. The molecular formula is C16H13F2N7O. The summed E-state index contributed by atoms with van der Waals surface area (Å²) >= 11 is 0. The van der Waals surface area contributed by atoms with E-state index in [9.17, 15) is 13.6 Å². The highest BCUT2D eigenvalue weighted by Crippen LogP contribution is 2.26. The zero-order chi connectivity index (χ0) is 18.5. The molecule has 0 aliphatic carbocycles. The standard InChI is InChI=1S/C16H13F2N7O/c17-9-4-5-11(10(18)7-9)23-14-13(19)15(22-8-21-14)24-25-16(26)12-3-1-2-6-20-12/h1-8H,19H2,(H,25,26)(H2,21,22,23,24). The monoisotopic (exact) mass is 357 g/mol. The fraction of sp³-hybridized carbons (Fsp3) is 0. The summed E-state index contributed by atoms with van der Waals surface area (Å²) in [6.45, 7) is 0. The summed E-state index contributed by atoms with van der Waals surface area (Å²) in [5.41, 5.74) is 11.1. The van der Waals surface area contributed by atoms with Gasteiger partial charge in [0.1, 0.15) is 29.3 Å². The SMILES string of the molecule is Nc1c(NNC(=O)c2ccccn2)ncnc1Nc1ccc(F)cc1F. The van der Waals surface area contributed by atoms with E-state index in [1.807, 2.05) is 0 Å². The van der Waals surface area contributed by atoms with Crippen LogP contribution in [-0.2, 0) is 0 Å². The van der Waals surface area contributed by atoms with E-state index in [0.29, 0.717) is 0 Å². The maximum atomic E-state index is 13.7. The Bertz CT molecular complexity index is 937. The predicted molar refractivity (Wildman–Crippen MR) is 91.4 cm³/mol. The van der Waals surface area contributed by atoms with Gasteiger partial charge in [0.2, 0.25) is 0 Å². The Kier molecular flexibility index (Phi) is 4.83. The van der Waals surface area contributed by atoms with Crippen molar-refractivity contribution >= 4 is 28.9 Å². The molecule has 2 heterocycles. The van der Waals surface area contributed by atoms with Gasteiger partial charge < -0.3 is 11.1 Å². The lowest BCUT2D eigenvalue weighted by atomic mass is 10.3. The van der Waals surface area contributed by atoms with E-state index >= 15 is 0 Å². The first-order valence-corrected chi connectivity index (χ1v) is 7.34. The van der Waals surface area contributed by atoms with Crippen molar-refractivity contribution in [1.29, 1.82) is 0 Å². The highest BCUT2D eigenvalue weighted by Gasteiger charge is 2.12. The summed E-state index contributed by atoms with van der Waals surface area (Å²) in [5, 5.41) is 2.64. The van der Waals surface area contributed by atoms with Crippen molar-refractivity contribution in [1.82, 2.24) is 20.4 Å². The van der Waals surface area contributed by atoms with Crippen LogP contribution >= 0.6 is 0 Å². The van der Waals surface area contributed by atoms with Crippen LogP contribution in [0.1, 0.15) is 10.5 Å². The summed E-state index contributed by atoms with van der Waals surface area (Å²) < 4.78 is 26.7. The normalized spacial score (nSPS) is 10.2. The highest BCUT2D eigenvalue weighted by molar-refractivity contribution is 5.93. The number of carbonyl (C=O) groups excluding carboxylic acids is 1. The molecule has 0 aliphatic heterocycles. The first-order chi connectivity index (χ1) is 12.5. The maximum absolute atomic E-state index is 13.7. The van der Waals surface area contributed by atoms with Crippen molar-refractivity contribution in [2.24, 2.45) is 0 Å². The molecule has 26 heavy (non-hydrogen) atoms. The van der Waals surface area contributed by atoms with Gasteiger partial charge in [-0.15, -0.1) is 0 Å². The third kappa shape index (κ3) is 3.80. The number of rotatable bonds is 5. The molecule has 10 heteroatoms. The average Bonchev–Trinajstić information content (AvgIpc) is 2.65. The van der Waals surface area contributed by atoms with Gasteiger partial charge in [0.15, 0.2) is 11.6 Å². The van der Waals surface area contributed by atoms with E-state index in [2.05, 4.69) is 31.1 Å². The largest absolute Gasteiger partial charge is 0.393 e. The number of nitrogen functional groups attached to an aromatic ring is 1. The first-order valence-electron chi connectivity index (χ1n) is 7.34. The number of hydrogen-bond acceptors (Lipinski definition) is 7. The number of hydrazine groups is 1. The number of benzene rings is 1. The van der Waals surface area contributed by atoms with Gasteiger partial charge in [0.25, 0.3) is 5.91 Å². The van der Waals surface area contributed by atoms with E-state index in [-0.39, 0.29) is 28.7 Å². The molecule has 0 bridgehead atoms.